The number of aromatic nitrogens is 1. The minimum absolute atomic E-state index is 0.198. The predicted octanol–water partition coefficient (Wildman–Crippen LogP) is 2.49. The molecule has 0 N–H and O–H groups in total. The Hall–Kier alpha value is -1.26. The first-order valence-electron chi connectivity index (χ1n) is 9.20. The molecule has 0 radical (unpaired) electrons. The van der Waals surface area contributed by atoms with E-state index in [4.69, 9.17) is 16.3 Å². The molecule has 0 saturated carbocycles. The third-order valence-corrected chi connectivity index (χ3v) is 7.37. The first-order valence-corrected chi connectivity index (χ1v) is 12.2. The molecule has 1 aliphatic rings. The summed E-state index contributed by atoms with van der Waals surface area (Å²) in [6.07, 6.45) is 2.18. The molecule has 0 bridgehead atoms. The molecule has 1 fully saturated rings. The Balaban J connectivity index is 1.86. The van der Waals surface area contributed by atoms with Crippen LogP contribution in [0, 0.1) is 5.92 Å². The molecule has 0 spiro atoms. The van der Waals surface area contributed by atoms with Crippen LogP contribution < -0.4 is 4.80 Å². The number of fused-ring (bicyclic) bond motifs is 1. The third kappa shape index (κ3) is 5.01. The zero-order valence-corrected chi connectivity index (χ0v) is 18.3. The molecule has 154 valence electrons. The zero-order chi connectivity index (χ0) is 20.3. The van der Waals surface area contributed by atoms with Crippen LogP contribution in [0.4, 0.5) is 0 Å². The Morgan fingerprint density at radius 2 is 2.07 bits per heavy atom. The van der Waals surface area contributed by atoms with Gasteiger partial charge in [-0.25, -0.2) is 12.7 Å². The summed E-state index contributed by atoms with van der Waals surface area (Å²) in [5.41, 5.74) is 0.965. The lowest BCUT2D eigenvalue weighted by Gasteiger charge is -2.28. The molecule has 10 heteroatoms. The Morgan fingerprint density at radius 3 is 2.71 bits per heavy atom. The SMILES string of the molecule is CCOCCn1c(=NC(=O)C2CCN(S(C)(=O)=O)CC2)sc2cc(Cl)ccc21. The number of nitrogens with zero attached hydrogens (tertiary/aromatic N) is 3. The number of amides is 1. The Bertz CT molecular complexity index is 1020. The van der Waals surface area contributed by atoms with E-state index in [-0.39, 0.29) is 11.8 Å². The smallest absolute Gasteiger partial charge is 0.251 e. The number of sulfonamides is 1. The van der Waals surface area contributed by atoms with Crippen molar-refractivity contribution in [3.63, 3.8) is 0 Å². The highest BCUT2D eigenvalue weighted by molar-refractivity contribution is 7.88. The topological polar surface area (TPSA) is 81.0 Å². The summed E-state index contributed by atoms with van der Waals surface area (Å²) >= 11 is 7.53. The molecule has 1 aromatic carbocycles. The highest BCUT2D eigenvalue weighted by atomic mass is 35.5. The molecule has 0 aliphatic carbocycles. The average Bonchev–Trinajstić information content (AvgIpc) is 2.97. The van der Waals surface area contributed by atoms with Crippen molar-refractivity contribution in [2.45, 2.75) is 26.3 Å². The maximum absolute atomic E-state index is 12.8. The second kappa shape index (κ2) is 9.04. The quantitative estimate of drug-likeness (QED) is 0.640. The van der Waals surface area contributed by atoms with Crippen LogP contribution in [0.2, 0.25) is 5.02 Å². The number of carbonyl (C=O) groups excluding carboxylic acids is 1. The van der Waals surface area contributed by atoms with Gasteiger partial charge in [-0.3, -0.25) is 4.79 Å². The minimum Gasteiger partial charge on any atom is -0.380 e. The van der Waals surface area contributed by atoms with Crippen molar-refractivity contribution in [2.75, 3.05) is 32.6 Å². The highest BCUT2D eigenvalue weighted by Crippen LogP contribution is 2.23. The minimum atomic E-state index is -3.21. The van der Waals surface area contributed by atoms with Gasteiger partial charge in [0, 0.05) is 37.2 Å². The maximum Gasteiger partial charge on any atom is 0.251 e. The van der Waals surface area contributed by atoms with E-state index in [0.717, 1.165) is 10.2 Å². The van der Waals surface area contributed by atoms with Gasteiger partial charge >= 0.3 is 0 Å². The van der Waals surface area contributed by atoms with Crippen LogP contribution in [-0.4, -0.2) is 55.8 Å². The van der Waals surface area contributed by atoms with Crippen LogP contribution >= 0.6 is 22.9 Å². The van der Waals surface area contributed by atoms with E-state index >= 15 is 0 Å². The number of rotatable bonds is 6. The van der Waals surface area contributed by atoms with Gasteiger partial charge in [0.25, 0.3) is 5.91 Å². The normalized spacial score (nSPS) is 17.5. The van der Waals surface area contributed by atoms with Crippen molar-refractivity contribution in [3.05, 3.63) is 28.0 Å². The molecule has 0 unspecified atom stereocenters. The molecular weight excluding hydrogens is 422 g/mol. The van der Waals surface area contributed by atoms with Crippen molar-refractivity contribution in [1.29, 1.82) is 0 Å². The maximum atomic E-state index is 12.8. The number of hydrogen-bond acceptors (Lipinski definition) is 5. The number of hydrogen-bond donors (Lipinski definition) is 0. The van der Waals surface area contributed by atoms with Crippen LogP contribution in [0.3, 0.4) is 0 Å². The summed E-state index contributed by atoms with van der Waals surface area (Å²) in [4.78, 5) is 17.8. The van der Waals surface area contributed by atoms with Crippen molar-refractivity contribution < 1.29 is 17.9 Å². The average molecular weight is 446 g/mol. The van der Waals surface area contributed by atoms with Crippen LogP contribution in [0.1, 0.15) is 19.8 Å². The van der Waals surface area contributed by atoms with E-state index < -0.39 is 10.0 Å². The molecule has 1 amide bonds. The number of piperidine rings is 1. The van der Waals surface area contributed by atoms with Gasteiger partial charge in [0.2, 0.25) is 10.0 Å². The van der Waals surface area contributed by atoms with Crippen LogP contribution in [0.5, 0.6) is 0 Å². The number of ether oxygens (including phenoxy) is 1. The molecule has 7 nitrogen and oxygen atoms in total. The van der Waals surface area contributed by atoms with Gasteiger partial charge in [-0.2, -0.15) is 4.99 Å². The summed E-state index contributed by atoms with van der Waals surface area (Å²) in [7, 11) is -3.21. The lowest BCUT2D eigenvalue weighted by Crippen LogP contribution is -2.39. The first kappa shape index (κ1) is 21.4. The predicted molar refractivity (Wildman–Crippen MR) is 111 cm³/mol. The van der Waals surface area contributed by atoms with Gasteiger partial charge in [0.15, 0.2) is 4.80 Å². The molecule has 1 saturated heterocycles. The van der Waals surface area contributed by atoms with Gasteiger partial charge in [-0.05, 0) is 38.0 Å². The van der Waals surface area contributed by atoms with Gasteiger partial charge < -0.3 is 9.30 Å². The molecule has 1 aliphatic heterocycles. The monoisotopic (exact) mass is 445 g/mol. The molecule has 2 aromatic rings. The Morgan fingerprint density at radius 1 is 1.36 bits per heavy atom. The summed E-state index contributed by atoms with van der Waals surface area (Å²) in [5.74, 6) is -0.455. The second-order valence-corrected chi connectivity index (χ2v) is 10.2. The summed E-state index contributed by atoms with van der Waals surface area (Å²) < 4.78 is 33.1. The fraction of sp³-hybridized carbons (Fsp3) is 0.556. The summed E-state index contributed by atoms with van der Waals surface area (Å²) in [5, 5.41) is 0.636. The summed E-state index contributed by atoms with van der Waals surface area (Å²) in [6, 6.07) is 5.61. The number of carbonyl (C=O) groups is 1. The van der Waals surface area contributed by atoms with E-state index in [1.165, 1.54) is 21.9 Å². The van der Waals surface area contributed by atoms with Crippen molar-refractivity contribution in [2.24, 2.45) is 10.9 Å². The van der Waals surface area contributed by atoms with Gasteiger partial charge in [-0.1, -0.05) is 22.9 Å². The zero-order valence-electron chi connectivity index (χ0n) is 15.9. The van der Waals surface area contributed by atoms with Crippen LogP contribution in [-0.2, 0) is 26.1 Å². The third-order valence-electron chi connectivity index (χ3n) is 4.79. The van der Waals surface area contributed by atoms with Gasteiger partial charge in [-0.15, -0.1) is 0 Å². The molecule has 2 heterocycles. The molecule has 0 atom stereocenters. The highest BCUT2D eigenvalue weighted by Gasteiger charge is 2.28. The molecule has 28 heavy (non-hydrogen) atoms. The van der Waals surface area contributed by atoms with Gasteiger partial charge in [0.1, 0.15) is 0 Å². The van der Waals surface area contributed by atoms with E-state index in [2.05, 4.69) is 4.99 Å². The first-order chi connectivity index (χ1) is 13.3. The second-order valence-electron chi connectivity index (χ2n) is 6.73. The number of benzene rings is 1. The van der Waals surface area contributed by atoms with E-state index in [1.54, 1.807) is 0 Å². The van der Waals surface area contributed by atoms with Crippen molar-refractivity contribution >= 4 is 49.1 Å². The van der Waals surface area contributed by atoms with E-state index in [9.17, 15) is 13.2 Å². The summed E-state index contributed by atoms with van der Waals surface area (Å²) in [6.45, 7) is 4.40. The molecule has 1 aromatic heterocycles. The Labute approximate surface area is 173 Å². The van der Waals surface area contributed by atoms with E-state index in [1.807, 2.05) is 29.7 Å². The lowest BCUT2D eigenvalue weighted by atomic mass is 9.98. The van der Waals surface area contributed by atoms with Crippen LogP contribution in [0.15, 0.2) is 23.2 Å². The van der Waals surface area contributed by atoms with Crippen molar-refractivity contribution in [3.8, 4) is 0 Å². The Kier molecular flexibility index (Phi) is 6.93. The number of halogens is 1. The lowest BCUT2D eigenvalue weighted by molar-refractivity contribution is -0.122. The van der Waals surface area contributed by atoms with E-state index in [0.29, 0.717) is 55.5 Å². The molecular formula is C18H24ClN3O4S2. The standard InChI is InChI=1S/C18H24ClN3O4S2/c1-3-26-11-10-22-15-5-4-14(19)12-16(15)27-18(22)20-17(23)13-6-8-21(9-7-13)28(2,24)25/h4-5,12-13H,3,6-11H2,1-2H3. The fourth-order valence-corrected chi connectivity index (χ4v) is 5.48. The molecule has 3 rings (SSSR count). The fourth-order valence-electron chi connectivity index (χ4n) is 3.27. The van der Waals surface area contributed by atoms with Gasteiger partial charge in [0.05, 0.1) is 23.1 Å². The van der Waals surface area contributed by atoms with Crippen molar-refractivity contribution in [1.82, 2.24) is 8.87 Å². The largest absolute Gasteiger partial charge is 0.380 e. The number of thiazole rings is 1. The van der Waals surface area contributed by atoms with Crippen LogP contribution in [0.25, 0.3) is 10.2 Å².